The summed E-state index contributed by atoms with van der Waals surface area (Å²) in [7, 11) is 0. The molecule has 8 heteroatoms. The highest BCUT2D eigenvalue weighted by Crippen LogP contribution is 2.34. The highest BCUT2D eigenvalue weighted by Gasteiger charge is 2.46. The minimum Gasteiger partial charge on any atom is -0.406 e. The summed E-state index contributed by atoms with van der Waals surface area (Å²) in [6, 6.07) is 5.32. The minimum absolute atomic E-state index is 0.00982. The number of ether oxygens (including phenoxy) is 2. The van der Waals surface area contributed by atoms with E-state index in [1.54, 1.807) is 6.07 Å². The van der Waals surface area contributed by atoms with Gasteiger partial charge < -0.3 is 9.47 Å². The van der Waals surface area contributed by atoms with Crippen LogP contribution >= 0.6 is 0 Å². The smallest absolute Gasteiger partial charge is 0.406 e. The molecule has 0 spiro atoms. The molecule has 3 rings (SSSR count). The predicted molar refractivity (Wildman–Crippen MR) is 75.7 cm³/mol. The average Bonchev–Trinajstić information content (AvgIpc) is 2.76. The van der Waals surface area contributed by atoms with E-state index < -0.39 is 12.6 Å². The Labute approximate surface area is 131 Å². The Morgan fingerprint density at radius 1 is 1.30 bits per heavy atom. The third-order valence-corrected chi connectivity index (χ3v) is 3.80. The molecule has 2 fully saturated rings. The first-order valence-electron chi connectivity index (χ1n) is 7.17. The summed E-state index contributed by atoms with van der Waals surface area (Å²) in [5.74, 6) is -0.638. The van der Waals surface area contributed by atoms with Crippen LogP contribution in [-0.4, -0.2) is 43.2 Å². The fraction of sp³-hybridized carbons (Fsp3) is 0.533. The van der Waals surface area contributed by atoms with Gasteiger partial charge in [-0.05, 0) is 17.5 Å². The number of likely N-dealkylation sites (tertiary alicyclic amines) is 1. The first-order valence-corrected chi connectivity index (χ1v) is 7.17. The number of halogens is 3. The van der Waals surface area contributed by atoms with Crippen molar-refractivity contribution in [3.05, 3.63) is 24.3 Å². The van der Waals surface area contributed by atoms with E-state index >= 15 is 0 Å². The number of carbonyl (C=O) groups is 1. The molecule has 2 aliphatic rings. The van der Waals surface area contributed by atoms with Gasteiger partial charge in [-0.3, -0.25) is 14.6 Å². The molecule has 126 valence electrons. The Kier molecular flexibility index (Phi) is 3.76. The number of alkyl halides is 3. The second kappa shape index (κ2) is 5.38. The molecule has 0 N–H and O–H groups in total. The molecule has 0 radical (unpaired) electrons. The van der Waals surface area contributed by atoms with E-state index in [0.29, 0.717) is 5.69 Å². The number of amides is 1. The lowest BCUT2D eigenvalue weighted by molar-refractivity contribution is -0.274. The van der Waals surface area contributed by atoms with Gasteiger partial charge in [-0.25, -0.2) is 0 Å². The zero-order chi connectivity index (χ0) is 16.8. The number of benzene rings is 1. The summed E-state index contributed by atoms with van der Waals surface area (Å²) in [4.78, 5) is 15.7. The number of hydrogen-bond acceptors (Lipinski definition) is 4. The molecule has 2 aliphatic heterocycles. The third-order valence-electron chi connectivity index (χ3n) is 3.80. The van der Waals surface area contributed by atoms with Crippen LogP contribution in [0.5, 0.6) is 5.75 Å². The molecule has 1 aromatic carbocycles. The van der Waals surface area contributed by atoms with Crippen molar-refractivity contribution in [2.45, 2.75) is 26.4 Å². The Hall–Kier alpha value is -1.80. The molecule has 2 saturated heterocycles. The Bertz CT molecular complexity index is 610. The first kappa shape index (κ1) is 16.1. The van der Waals surface area contributed by atoms with Crippen LogP contribution in [0.4, 0.5) is 18.9 Å². The van der Waals surface area contributed by atoms with Gasteiger partial charge in [-0.2, -0.15) is 0 Å². The Morgan fingerprint density at radius 2 is 2.00 bits per heavy atom. The summed E-state index contributed by atoms with van der Waals surface area (Å²) >= 11 is 0. The van der Waals surface area contributed by atoms with Crippen molar-refractivity contribution in [1.29, 1.82) is 0 Å². The van der Waals surface area contributed by atoms with Gasteiger partial charge in [0.25, 0.3) is 5.91 Å². The lowest BCUT2D eigenvalue weighted by atomic mass is 9.84. The number of nitrogens with zero attached hydrogens (tertiary/aromatic N) is 2. The lowest BCUT2D eigenvalue weighted by Crippen LogP contribution is -2.59. The number of carbonyl (C=O) groups excluding carboxylic acids is 1. The van der Waals surface area contributed by atoms with Crippen molar-refractivity contribution >= 4 is 11.6 Å². The van der Waals surface area contributed by atoms with Crippen LogP contribution in [0.2, 0.25) is 0 Å². The molecular formula is C15H17F3N2O3. The van der Waals surface area contributed by atoms with Crippen molar-refractivity contribution in [1.82, 2.24) is 4.90 Å². The molecule has 23 heavy (non-hydrogen) atoms. The van der Waals surface area contributed by atoms with Gasteiger partial charge in [-0.15, -0.1) is 13.2 Å². The first-order chi connectivity index (χ1) is 10.6. The lowest BCUT2D eigenvalue weighted by Gasteiger charge is -2.47. The van der Waals surface area contributed by atoms with E-state index in [1.165, 1.54) is 23.1 Å². The summed E-state index contributed by atoms with van der Waals surface area (Å²) in [6.07, 6.45) is -5.44. The molecule has 5 nitrogen and oxygen atoms in total. The van der Waals surface area contributed by atoms with Crippen molar-refractivity contribution in [2.75, 3.05) is 24.7 Å². The summed E-state index contributed by atoms with van der Waals surface area (Å²) < 4.78 is 46.3. The van der Waals surface area contributed by atoms with Crippen molar-refractivity contribution in [3.8, 4) is 5.75 Å². The van der Waals surface area contributed by atoms with Crippen LogP contribution in [0.1, 0.15) is 13.8 Å². The quantitative estimate of drug-likeness (QED) is 0.854. The fourth-order valence-electron chi connectivity index (χ4n) is 2.94. The summed E-state index contributed by atoms with van der Waals surface area (Å²) in [5.41, 5.74) is 0.469. The molecule has 2 heterocycles. The van der Waals surface area contributed by atoms with E-state index in [4.69, 9.17) is 4.74 Å². The zero-order valence-corrected chi connectivity index (χ0v) is 12.8. The van der Waals surface area contributed by atoms with Gasteiger partial charge in [0.1, 0.15) is 12.5 Å². The average molecular weight is 330 g/mol. The van der Waals surface area contributed by atoms with E-state index in [2.05, 4.69) is 18.6 Å². The monoisotopic (exact) mass is 330 g/mol. The van der Waals surface area contributed by atoms with Crippen LogP contribution in [0.25, 0.3) is 0 Å². The van der Waals surface area contributed by atoms with E-state index in [1.807, 2.05) is 4.90 Å². The van der Waals surface area contributed by atoms with Crippen LogP contribution in [0.3, 0.4) is 0 Å². The van der Waals surface area contributed by atoms with Crippen molar-refractivity contribution in [2.24, 2.45) is 5.41 Å². The SMILES string of the molecule is CC1(C)CN(C2OCN(c3cccc(OC(F)(F)F)c3)C2=O)C1. The maximum Gasteiger partial charge on any atom is 0.573 e. The normalized spacial score (nSPS) is 24.7. The molecule has 1 unspecified atom stereocenters. The second-order valence-electron chi connectivity index (χ2n) is 6.53. The predicted octanol–water partition coefficient (Wildman–Crippen LogP) is 2.57. The summed E-state index contributed by atoms with van der Waals surface area (Å²) in [6.45, 7) is 5.69. The number of anilines is 1. The van der Waals surface area contributed by atoms with Crippen LogP contribution in [-0.2, 0) is 9.53 Å². The fourth-order valence-corrected chi connectivity index (χ4v) is 2.94. The number of hydrogen-bond donors (Lipinski definition) is 0. The minimum atomic E-state index is -4.77. The van der Waals surface area contributed by atoms with E-state index in [0.717, 1.165) is 13.1 Å². The van der Waals surface area contributed by atoms with Gasteiger partial charge in [0, 0.05) is 24.8 Å². The van der Waals surface area contributed by atoms with Crippen molar-refractivity contribution in [3.63, 3.8) is 0 Å². The molecule has 0 saturated carbocycles. The highest BCUT2D eigenvalue weighted by molar-refractivity contribution is 5.97. The standard InChI is InChI=1S/C15H17F3N2O3/c1-14(2)7-19(8-14)13-12(21)20(9-22-13)10-4-3-5-11(6-10)23-15(16,17)18/h3-6,13H,7-9H2,1-2H3. The maximum atomic E-state index is 12.4. The van der Waals surface area contributed by atoms with Crippen LogP contribution in [0.15, 0.2) is 24.3 Å². The molecule has 0 aliphatic carbocycles. The summed E-state index contributed by atoms with van der Waals surface area (Å²) in [5, 5.41) is 0. The van der Waals surface area contributed by atoms with E-state index in [-0.39, 0.29) is 23.8 Å². The Morgan fingerprint density at radius 3 is 2.61 bits per heavy atom. The van der Waals surface area contributed by atoms with Gasteiger partial charge in [0.2, 0.25) is 0 Å². The van der Waals surface area contributed by atoms with E-state index in [9.17, 15) is 18.0 Å². The molecule has 0 aromatic heterocycles. The van der Waals surface area contributed by atoms with Gasteiger partial charge in [0.05, 0.1) is 0 Å². The highest BCUT2D eigenvalue weighted by atomic mass is 19.4. The van der Waals surface area contributed by atoms with Crippen LogP contribution < -0.4 is 9.64 Å². The largest absolute Gasteiger partial charge is 0.573 e. The molecular weight excluding hydrogens is 313 g/mol. The van der Waals surface area contributed by atoms with Crippen LogP contribution in [0, 0.1) is 5.41 Å². The van der Waals surface area contributed by atoms with Gasteiger partial charge in [0.15, 0.2) is 6.23 Å². The van der Waals surface area contributed by atoms with Crippen molar-refractivity contribution < 1.29 is 27.4 Å². The zero-order valence-electron chi connectivity index (χ0n) is 12.8. The van der Waals surface area contributed by atoms with Gasteiger partial charge >= 0.3 is 6.36 Å². The number of rotatable bonds is 3. The maximum absolute atomic E-state index is 12.4. The van der Waals surface area contributed by atoms with Gasteiger partial charge in [-0.1, -0.05) is 19.9 Å². The topological polar surface area (TPSA) is 42.0 Å². The molecule has 1 amide bonds. The Balaban J connectivity index is 1.71. The molecule has 1 atom stereocenters. The molecule has 0 bridgehead atoms. The molecule has 1 aromatic rings. The second-order valence-corrected chi connectivity index (χ2v) is 6.53. The third kappa shape index (κ3) is 3.42.